The maximum Gasteiger partial charge on any atom is 0.338 e. The lowest BCUT2D eigenvalue weighted by atomic mass is 9.96. The van der Waals surface area contributed by atoms with Crippen molar-refractivity contribution in [3.63, 3.8) is 0 Å². The van der Waals surface area contributed by atoms with Crippen molar-refractivity contribution in [1.29, 1.82) is 0 Å². The standard InChI is InChI=1S/C17H15ClN2O3/c1-23-17(22)13-4-2-6-15-12(13)5-3-9-20(15)16(21)14-10-11(18)7-8-19-14/h2,4,6-8,10H,3,5,9H2,1H3. The summed E-state index contributed by atoms with van der Waals surface area (Å²) in [4.78, 5) is 30.4. The average Bonchev–Trinajstić information content (AvgIpc) is 2.59. The maximum atomic E-state index is 12.8. The molecular formula is C17H15ClN2O3. The second-order valence-electron chi connectivity index (χ2n) is 5.21. The fourth-order valence-electron chi connectivity index (χ4n) is 2.80. The van der Waals surface area contributed by atoms with E-state index in [4.69, 9.17) is 16.3 Å². The second-order valence-corrected chi connectivity index (χ2v) is 5.65. The first-order valence-corrected chi connectivity index (χ1v) is 7.63. The van der Waals surface area contributed by atoms with E-state index in [1.165, 1.54) is 13.3 Å². The molecule has 1 aliphatic rings. The van der Waals surface area contributed by atoms with Gasteiger partial charge in [0.1, 0.15) is 5.69 Å². The lowest BCUT2D eigenvalue weighted by Crippen LogP contribution is -2.36. The average molecular weight is 331 g/mol. The zero-order valence-electron chi connectivity index (χ0n) is 12.6. The van der Waals surface area contributed by atoms with Crippen molar-refractivity contribution in [3.05, 3.63) is 58.4 Å². The van der Waals surface area contributed by atoms with Gasteiger partial charge in [-0.2, -0.15) is 0 Å². The van der Waals surface area contributed by atoms with Crippen molar-refractivity contribution in [2.75, 3.05) is 18.6 Å². The number of anilines is 1. The van der Waals surface area contributed by atoms with Crippen LogP contribution in [0.4, 0.5) is 5.69 Å². The Morgan fingerprint density at radius 1 is 1.30 bits per heavy atom. The highest BCUT2D eigenvalue weighted by Crippen LogP contribution is 2.31. The molecule has 0 saturated carbocycles. The van der Waals surface area contributed by atoms with Crippen LogP contribution < -0.4 is 4.90 Å². The van der Waals surface area contributed by atoms with Gasteiger partial charge in [-0.25, -0.2) is 4.79 Å². The lowest BCUT2D eigenvalue weighted by Gasteiger charge is -2.30. The van der Waals surface area contributed by atoms with E-state index < -0.39 is 5.97 Å². The number of methoxy groups -OCH3 is 1. The Kier molecular flexibility index (Phi) is 4.30. The van der Waals surface area contributed by atoms with Gasteiger partial charge >= 0.3 is 5.97 Å². The minimum atomic E-state index is -0.392. The summed E-state index contributed by atoms with van der Waals surface area (Å²) in [6, 6.07) is 8.47. The molecule has 0 radical (unpaired) electrons. The Hall–Kier alpha value is -2.40. The molecule has 6 heteroatoms. The Balaban J connectivity index is 2.02. The molecule has 3 rings (SSSR count). The molecule has 23 heavy (non-hydrogen) atoms. The van der Waals surface area contributed by atoms with Crippen molar-refractivity contribution < 1.29 is 14.3 Å². The summed E-state index contributed by atoms with van der Waals surface area (Å²) < 4.78 is 4.83. The van der Waals surface area contributed by atoms with E-state index >= 15 is 0 Å². The van der Waals surface area contributed by atoms with E-state index in [0.717, 1.165) is 24.1 Å². The summed E-state index contributed by atoms with van der Waals surface area (Å²) in [7, 11) is 1.35. The van der Waals surface area contributed by atoms with Crippen molar-refractivity contribution in [3.8, 4) is 0 Å². The Bertz CT molecular complexity index is 776. The number of fused-ring (bicyclic) bond motifs is 1. The highest BCUT2D eigenvalue weighted by Gasteiger charge is 2.27. The normalized spacial score (nSPS) is 13.4. The SMILES string of the molecule is COC(=O)c1cccc2c1CCCN2C(=O)c1cc(Cl)ccn1. The molecule has 5 nitrogen and oxygen atoms in total. The first kappa shape index (κ1) is 15.5. The number of carbonyl (C=O) groups excluding carboxylic acids is 2. The van der Waals surface area contributed by atoms with Gasteiger partial charge in [-0.05, 0) is 42.7 Å². The summed E-state index contributed by atoms with van der Waals surface area (Å²) in [6.45, 7) is 0.574. The predicted octanol–water partition coefficient (Wildman–Crippen LogP) is 3.11. The van der Waals surface area contributed by atoms with Crippen LogP contribution in [0.15, 0.2) is 36.5 Å². The highest BCUT2D eigenvalue weighted by molar-refractivity contribution is 6.31. The molecule has 0 fully saturated rings. The van der Waals surface area contributed by atoms with E-state index in [0.29, 0.717) is 17.1 Å². The summed E-state index contributed by atoms with van der Waals surface area (Å²) in [5.41, 5.74) is 2.35. The monoisotopic (exact) mass is 330 g/mol. The van der Waals surface area contributed by atoms with Crippen LogP contribution in [0.5, 0.6) is 0 Å². The van der Waals surface area contributed by atoms with E-state index in [1.54, 1.807) is 29.2 Å². The summed E-state index contributed by atoms with van der Waals surface area (Å²) >= 11 is 5.94. The number of benzene rings is 1. The van der Waals surface area contributed by atoms with Crippen LogP contribution in [0.25, 0.3) is 0 Å². The quantitative estimate of drug-likeness (QED) is 0.794. The predicted molar refractivity (Wildman–Crippen MR) is 87.0 cm³/mol. The molecule has 0 bridgehead atoms. The van der Waals surface area contributed by atoms with Crippen LogP contribution in [0.1, 0.15) is 32.8 Å². The number of hydrogen-bond acceptors (Lipinski definition) is 4. The number of nitrogens with zero attached hydrogens (tertiary/aromatic N) is 2. The molecule has 0 spiro atoms. The Morgan fingerprint density at radius 2 is 2.13 bits per heavy atom. The first-order chi connectivity index (χ1) is 11.1. The minimum Gasteiger partial charge on any atom is -0.465 e. The molecule has 0 aliphatic carbocycles. The minimum absolute atomic E-state index is 0.226. The van der Waals surface area contributed by atoms with E-state index in [-0.39, 0.29) is 11.6 Å². The zero-order valence-corrected chi connectivity index (χ0v) is 13.3. The molecule has 1 amide bonds. The topological polar surface area (TPSA) is 59.5 Å². The van der Waals surface area contributed by atoms with E-state index in [9.17, 15) is 9.59 Å². The number of hydrogen-bond donors (Lipinski definition) is 0. The Labute approximate surface area is 138 Å². The lowest BCUT2D eigenvalue weighted by molar-refractivity contribution is 0.0599. The van der Waals surface area contributed by atoms with Crippen molar-refractivity contribution >= 4 is 29.2 Å². The molecule has 2 aromatic rings. The molecule has 118 valence electrons. The van der Waals surface area contributed by atoms with Gasteiger partial charge in [0.2, 0.25) is 0 Å². The summed E-state index contributed by atoms with van der Waals surface area (Å²) in [5.74, 6) is -0.618. The van der Waals surface area contributed by atoms with E-state index in [1.807, 2.05) is 6.07 Å². The Morgan fingerprint density at radius 3 is 2.87 bits per heavy atom. The molecule has 2 heterocycles. The van der Waals surface area contributed by atoms with Gasteiger partial charge in [-0.3, -0.25) is 9.78 Å². The van der Waals surface area contributed by atoms with Gasteiger partial charge in [0.05, 0.1) is 12.7 Å². The second kappa shape index (κ2) is 6.38. The van der Waals surface area contributed by atoms with Crippen LogP contribution in [0.3, 0.4) is 0 Å². The largest absolute Gasteiger partial charge is 0.465 e. The molecule has 0 unspecified atom stereocenters. The van der Waals surface area contributed by atoms with Gasteiger partial charge in [0, 0.05) is 23.5 Å². The third kappa shape index (κ3) is 2.92. The molecule has 1 aromatic carbocycles. The number of carbonyl (C=O) groups is 2. The first-order valence-electron chi connectivity index (χ1n) is 7.25. The van der Waals surface area contributed by atoms with E-state index in [2.05, 4.69) is 4.98 Å². The van der Waals surface area contributed by atoms with Crippen LogP contribution >= 0.6 is 11.6 Å². The molecule has 1 aromatic heterocycles. The fraction of sp³-hybridized carbons (Fsp3) is 0.235. The fourth-order valence-corrected chi connectivity index (χ4v) is 2.96. The smallest absolute Gasteiger partial charge is 0.338 e. The number of ether oxygens (including phenoxy) is 1. The molecule has 0 N–H and O–H groups in total. The van der Waals surface area contributed by atoms with Gasteiger partial charge < -0.3 is 9.64 Å². The number of pyridine rings is 1. The van der Waals surface area contributed by atoms with Gasteiger partial charge in [0.15, 0.2) is 0 Å². The molecule has 1 aliphatic heterocycles. The third-order valence-corrected chi connectivity index (χ3v) is 4.08. The van der Waals surface area contributed by atoms with Crippen LogP contribution in [0, 0.1) is 0 Å². The van der Waals surface area contributed by atoms with Gasteiger partial charge in [-0.15, -0.1) is 0 Å². The maximum absolute atomic E-state index is 12.8. The van der Waals surface area contributed by atoms with Gasteiger partial charge in [0.25, 0.3) is 5.91 Å². The highest BCUT2D eigenvalue weighted by atomic mass is 35.5. The summed E-state index contributed by atoms with van der Waals surface area (Å²) in [6.07, 6.45) is 3.01. The number of amides is 1. The van der Waals surface area contributed by atoms with Crippen molar-refractivity contribution in [2.45, 2.75) is 12.8 Å². The summed E-state index contributed by atoms with van der Waals surface area (Å²) in [5, 5.41) is 0.462. The molecular weight excluding hydrogens is 316 g/mol. The third-order valence-electron chi connectivity index (χ3n) is 3.84. The number of esters is 1. The molecule has 0 atom stereocenters. The number of rotatable bonds is 2. The number of halogens is 1. The van der Waals surface area contributed by atoms with Crippen LogP contribution in [0.2, 0.25) is 5.02 Å². The van der Waals surface area contributed by atoms with Crippen molar-refractivity contribution in [1.82, 2.24) is 4.98 Å². The van der Waals surface area contributed by atoms with Gasteiger partial charge in [-0.1, -0.05) is 17.7 Å². The number of aromatic nitrogens is 1. The molecule has 0 saturated heterocycles. The van der Waals surface area contributed by atoms with Crippen LogP contribution in [-0.2, 0) is 11.2 Å². The van der Waals surface area contributed by atoms with Crippen molar-refractivity contribution in [2.24, 2.45) is 0 Å². The zero-order chi connectivity index (χ0) is 16.4. The van der Waals surface area contributed by atoms with Crippen LogP contribution in [-0.4, -0.2) is 30.5 Å².